The van der Waals surface area contributed by atoms with Crippen LogP contribution in [-0.2, 0) is 0 Å². The first-order chi connectivity index (χ1) is 5.38. The number of nitrogens with one attached hydrogen (secondary N) is 1. The average Bonchev–Trinajstić information content (AvgIpc) is 2.52. The molecule has 62 valence electrons. The molecular weight excluding hydrogens is 146 g/mol. The van der Waals surface area contributed by atoms with Crippen LogP contribution < -0.4 is 5.48 Å². The molecule has 1 aromatic rings. The van der Waals surface area contributed by atoms with E-state index in [9.17, 15) is 0 Å². The van der Waals surface area contributed by atoms with E-state index in [2.05, 4.69) is 5.48 Å². The minimum atomic E-state index is -0.310. The van der Waals surface area contributed by atoms with Gasteiger partial charge in [-0.3, -0.25) is 0 Å². The van der Waals surface area contributed by atoms with Crippen molar-refractivity contribution in [2.24, 2.45) is 0 Å². The molecule has 1 heterocycles. The van der Waals surface area contributed by atoms with Gasteiger partial charge in [-0.1, -0.05) is 0 Å². The monoisotopic (exact) mass is 157 g/mol. The summed E-state index contributed by atoms with van der Waals surface area (Å²) < 4.78 is 5.01. The first kappa shape index (κ1) is 8.26. The van der Waals surface area contributed by atoms with E-state index in [1.807, 2.05) is 0 Å². The maximum absolute atomic E-state index is 8.61. The molecule has 0 amide bonds. The highest BCUT2D eigenvalue weighted by Crippen LogP contribution is 2.15. The summed E-state index contributed by atoms with van der Waals surface area (Å²) in [7, 11) is 0. The van der Waals surface area contributed by atoms with E-state index < -0.39 is 0 Å². The zero-order valence-corrected chi connectivity index (χ0v) is 6.03. The highest BCUT2D eigenvalue weighted by Gasteiger charge is 2.11. The molecule has 3 N–H and O–H groups in total. The van der Waals surface area contributed by atoms with Crippen LogP contribution >= 0.6 is 0 Å². The van der Waals surface area contributed by atoms with Crippen molar-refractivity contribution >= 4 is 0 Å². The van der Waals surface area contributed by atoms with Gasteiger partial charge < -0.3 is 14.7 Å². The number of aliphatic hydroxyl groups excluding tert-OH is 1. The smallest absolute Gasteiger partial charge is 0.123 e. The molecule has 0 saturated carbocycles. The molecule has 1 aromatic heterocycles. The van der Waals surface area contributed by atoms with Crippen molar-refractivity contribution in [1.82, 2.24) is 5.48 Å². The van der Waals surface area contributed by atoms with E-state index in [0.29, 0.717) is 12.2 Å². The van der Waals surface area contributed by atoms with Gasteiger partial charge in [-0.05, 0) is 18.6 Å². The number of hydrogen-bond donors (Lipinski definition) is 3. The lowest BCUT2D eigenvalue weighted by Crippen LogP contribution is -2.17. The van der Waals surface area contributed by atoms with E-state index in [4.69, 9.17) is 14.7 Å². The fraction of sp³-hybridized carbons (Fsp3) is 0.429. The molecule has 0 aliphatic heterocycles. The Labute approximate surface area is 64.4 Å². The number of hydrogen-bond acceptors (Lipinski definition) is 4. The Morgan fingerprint density at radius 2 is 2.45 bits per heavy atom. The maximum Gasteiger partial charge on any atom is 0.123 e. The molecule has 4 nitrogen and oxygen atoms in total. The van der Waals surface area contributed by atoms with Crippen LogP contribution in [0.1, 0.15) is 18.2 Å². The molecule has 4 heteroatoms. The fourth-order valence-corrected chi connectivity index (χ4v) is 0.889. The SMILES string of the molecule is OCC[C@@H](NO)c1ccco1. The predicted molar refractivity (Wildman–Crippen MR) is 38.1 cm³/mol. The summed E-state index contributed by atoms with van der Waals surface area (Å²) in [4.78, 5) is 0. The Kier molecular flexibility index (Phi) is 3.10. The maximum atomic E-state index is 8.61. The van der Waals surface area contributed by atoms with Crippen LogP contribution in [0, 0.1) is 0 Å². The summed E-state index contributed by atoms with van der Waals surface area (Å²) in [5.74, 6) is 0.626. The van der Waals surface area contributed by atoms with Gasteiger partial charge in [0.15, 0.2) is 0 Å². The topological polar surface area (TPSA) is 65.6 Å². The molecule has 11 heavy (non-hydrogen) atoms. The molecule has 0 radical (unpaired) electrons. The molecule has 0 aromatic carbocycles. The molecule has 0 bridgehead atoms. The van der Waals surface area contributed by atoms with Gasteiger partial charge in [-0.25, -0.2) is 0 Å². The Balaban J connectivity index is 2.56. The van der Waals surface area contributed by atoms with Gasteiger partial charge in [-0.2, -0.15) is 5.48 Å². The summed E-state index contributed by atoms with van der Waals surface area (Å²) in [6.45, 7) is 0.0128. The Hall–Kier alpha value is -0.840. The minimum absolute atomic E-state index is 0.0128. The third-order valence-electron chi connectivity index (χ3n) is 1.46. The van der Waals surface area contributed by atoms with Crippen LogP contribution in [0.3, 0.4) is 0 Å². The van der Waals surface area contributed by atoms with E-state index in [1.54, 1.807) is 12.1 Å². The largest absolute Gasteiger partial charge is 0.468 e. The molecular formula is C7H11NO3. The number of furan rings is 1. The third-order valence-corrected chi connectivity index (χ3v) is 1.46. The summed E-state index contributed by atoms with van der Waals surface area (Å²) >= 11 is 0. The van der Waals surface area contributed by atoms with Crippen molar-refractivity contribution in [3.05, 3.63) is 24.2 Å². The van der Waals surface area contributed by atoms with Gasteiger partial charge >= 0.3 is 0 Å². The second-order valence-corrected chi connectivity index (χ2v) is 2.21. The minimum Gasteiger partial charge on any atom is -0.468 e. The highest BCUT2D eigenvalue weighted by atomic mass is 16.5. The lowest BCUT2D eigenvalue weighted by atomic mass is 10.2. The Morgan fingerprint density at radius 1 is 1.64 bits per heavy atom. The van der Waals surface area contributed by atoms with E-state index in [-0.39, 0.29) is 12.6 Å². The highest BCUT2D eigenvalue weighted by molar-refractivity contribution is 5.03. The average molecular weight is 157 g/mol. The standard InChI is InChI=1S/C7H11NO3/c9-4-3-6(8-10)7-2-1-5-11-7/h1-2,5-6,8-10H,3-4H2/t6-/m1/s1. The van der Waals surface area contributed by atoms with Crippen molar-refractivity contribution in [1.29, 1.82) is 0 Å². The molecule has 0 saturated heterocycles. The molecule has 0 spiro atoms. The van der Waals surface area contributed by atoms with Crippen LogP contribution in [0.2, 0.25) is 0 Å². The lowest BCUT2D eigenvalue weighted by molar-refractivity contribution is 0.0994. The second-order valence-electron chi connectivity index (χ2n) is 2.21. The number of aliphatic hydroxyl groups is 1. The summed E-state index contributed by atoms with van der Waals surface area (Å²) in [5, 5.41) is 17.2. The van der Waals surface area contributed by atoms with Crippen LogP contribution in [-0.4, -0.2) is 16.9 Å². The Morgan fingerprint density at radius 3 is 2.91 bits per heavy atom. The van der Waals surface area contributed by atoms with Gasteiger partial charge in [0.25, 0.3) is 0 Å². The molecule has 0 aliphatic carbocycles. The molecule has 0 unspecified atom stereocenters. The van der Waals surface area contributed by atoms with Crippen molar-refractivity contribution in [2.75, 3.05) is 6.61 Å². The normalized spacial score (nSPS) is 13.3. The van der Waals surface area contributed by atoms with Gasteiger partial charge in [0, 0.05) is 6.61 Å². The van der Waals surface area contributed by atoms with Crippen molar-refractivity contribution in [3.63, 3.8) is 0 Å². The number of rotatable bonds is 4. The Bertz CT molecular complexity index is 186. The quantitative estimate of drug-likeness (QED) is 0.562. The van der Waals surface area contributed by atoms with Crippen LogP contribution in [0.15, 0.2) is 22.8 Å². The third kappa shape index (κ3) is 2.04. The summed E-state index contributed by atoms with van der Waals surface area (Å²) in [6, 6.07) is 3.16. The van der Waals surface area contributed by atoms with Gasteiger partial charge in [0.2, 0.25) is 0 Å². The zero-order chi connectivity index (χ0) is 8.10. The van der Waals surface area contributed by atoms with E-state index in [0.717, 1.165) is 0 Å². The van der Waals surface area contributed by atoms with Gasteiger partial charge in [0.05, 0.1) is 12.3 Å². The first-order valence-electron chi connectivity index (χ1n) is 3.42. The van der Waals surface area contributed by atoms with E-state index >= 15 is 0 Å². The van der Waals surface area contributed by atoms with Gasteiger partial charge in [0.1, 0.15) is 5.76 Å². The number of hydroxylamine groups is 1. The predicted octanol–water partition coefficient (Wildman–Crippen LogP) is 0.682. The van der Waals surface area contributed by atoms with Crippen molar-refractivity contribution in [2.45, 2.75) is 12.5 Å². The fourth-order valence-electron chi connectivity index (χ4n) is 0.889. The molecule has 0 fully saturated rings. The lowest BCUT2D eigenvalue weighted by Gasteiger charge is -2.09. The zero-order valence-electron chi connectivity index (χ0n) is 6.03. The van der Waals surface area contributed by atoms with Crippen LogP contribution in [0.5, 0.6) is 0 Å². The van der Waals surface area contributed by atoms with E-state index in [1.165, 1.54) is 6.26 Å². The summed E-state index contributed by atoms with van der Waals surface area (Å²) in [5.41, 5.74) is 2.05. The van der Waals surface area contributed by atoms with Crippen LogP contribution in [0.4, 0.5) is 0 Å². The second kappa shape index (κ2) is 4.12. The van der Waals surface area contributed by atoms with Crippen molar-refractivity contribution < 1.29 is 14.7 Å². The van der Waals surface area contributed by atoms with Crippen LogP contribution in [0.25, 0.3) is 0 Å². The van der Waals surface area contributed by atoms with Crippen molar-refractivity contribution in [3.8, 4) is 0 Å². The van der Waals surface area contributed by atoms with Gasteiger partial charge in [-0.15, -0.1) is 0 Å². The molecule has 1 atom stereocenters. The molecule has 1 rings (SSSR count). The first-order valence-corrected chi connectivity index (χ1v) is 3.42. The summed E-state index contributed by atoms with van der Waals surface area (Å²) in [6.07, 6.45) is 1.96. The molecule has 0 aliphatic rings.